The number of nitrogens with zero attached hydrogens (tertiary/aromatic N) is 1. The van der Waals surface area contributed by atoms with Crippen LogP contribution in [0.3, 0.4) is 0 Å². The van der Waals surface area contributed by atoms with E-state index in [1.165, 1.54) is 12.1 Å². The first-order valence-electron chi connectivity index (χ1n) is 6.01. The zero-order valence-corrected chi connectivity index (χ0v) is 10.3. The minimum atomic E-state index is -0.881. The lowest BCUT2D eigenvalue weighted by Crippen LogP contribution is -2.19. The predicted molar refractivity (Wildman–Crippen MR) is 69.2 cm³/mol. The van der Waals surface area contributed by atoms with E-state index in [9.17, 15) is 14.3 Å². The van der Waals surface area contributed by atoms with Gasteiger partial charge in [-0.2, -0.15) is 0 Å². The van der Waals surface area contributed by atoms with Crippen molar-refractivity contribution in [1.29, 1.82) is 0 Å². The van der Waals surface area contributed by atoms with Crippen LogP contribution in [-0.4, -0.2) is 16.1 Å². The number of rotatable bonds is 5. The number of carbonyl (C=O) groups is 1. The van der Waals surface area contributed by atoms with E-state index >= 15 is 0 Å². The van der Waals surface area contributed by atoms with Gasteiger partial charge in [0.25, 0.3) is 0 Å². The summed E-state index contributed by atoms with van der Waals surface area (Å²) < 4.78 is 13.1. The van der Waals surface area contributed by atoms with Crippen molar-refractivity contribution < 1.29 is 14.3 Å². The number of benzene rings is 1. The highest BCUT2D eigenvalue weighted by molar-refractivity contribution is 5.70. The maximum Gasteiger partial charge on any atom is 0.307 e. The molecule has 1 aromatic heterocycles. The molecule has 0 aliphatic carbocycles. The molecule has 0 saturated carbocycles. The molecular formula is C15H14FNO2. The Labute approximate surface area is 110 Å². The van der Waals surface area contributed by atoms with E-state index in [1.54, 1.807) is 30.6 Å². The molecule has 1 unspecified atom stereocenters. The van der Waals surface area contributed by atoms with Gasteiger partial charge in [-0.1, -0.05) is 18.2 Å². The summed E-state index contributed by atoms with van der Waals surface area (Å²) in [6, 6.07) is 9.67. The third-order valence-corrected chi connectivity index (χ3v) is 2.93. The third-order valence-electron chi connectivity index (χ3n) is 2.93. The molecule has 1 atom stereocenters. The van der Waals surface area contributed by atoms with Gasteiger partial charge < -0.3 is 5.11 Å². The highest BCUT2D eigenvalue weighted by Crippen LogP contribution is 2.15. The Morgan fingerprint density at radius 3 is 2.58 bits per heavy atom. The second kappa shape index (κ2) is 6.09. The second-order valence-electron chi connectivity index (χ2n) is 4.43. The fourth-order valence-corrected chi connectivity index (χ4v) is 2.00. The first kappa shape index (κ1) is 13.2. The van der Waals surface area contributed by atoms with Crippen LogP contribution in [0.25, 0.3) is 0 Å². The van der Waals surface area contributed by atoms with Gasteiger partial charge >= 0.3 is 5.97 Å². The summed E-state index contributed by atoms with van der Waals surface area (Å²) in [5.74, 6) is -1.80. The van der Waals surface area contributed by atoms with Crippen molar-refractivity contribution in [3.05, 3.63) is 65.7 Å². The van der Waals surface area contributed by atoms with Gasteiger partial charge in [0, 0.05) is 12.4 Å². The van der Waals surface area contributed by atoms with Crippen molar-refractivity contribution in [2.24, 2.45) is 5.92 Å². The Morgan fingerprint density at radius 1 is 1.21 bits per heavy atom. The Morgan fingerprint density at radius 2 is 1.95 bits per heavy atom. The van der Waals surface area contributed by atoms with E-state index in [0.29, 0.717) is 18.4 Å². The zero-order valence-electron chi connectivity index (χ0n) is 10.3. The van der Waals surface area contributed by atoms with Crippen LogP contribution in [0.15, 0.2) is 48.8 Å². The fraction of sp³-hybridized carbons (Fsp3) is 0.200. The Hall–Kier alpha value is -2.23. The zero-order chi connectivity index (χ0) is 13.7. The lowest BCUT2D eigenvalue weighted by molar-refractivity contribution is -0.141. The maximum atomic E-state index is 13.1. The smallest absolute Gasteiger partial charge is 0.307 e. The number of aromatic nitrogens is 1. The summed E-state index contributed by atoms with van der Waals surface area (Å²) in [6.45, 7) is 0. The number of carboxylic acids is 1. The highest BCUT2D eigenvalue weighted by atomic mass is 19.1. The van der Waals surface area contributed by atoms with Crippen molar-refractivity contribution >= 4 is 5.97 Å². The molecule has 1 aromatic carbocycles. The standard InChI is InChI=1S/C15H14FNO2/c16-14-5-1-3-11(9-14)7-13(15(18)19)8-12-4-2-6-17-10-12/h1-6,9-10,13H,7-8H2,(H,18,19). The summed E-state index contributed by atoms with van der Waals surface area (Å²) in [5, 5.41) is 9.25. The maximum absolute atomic E-state index is 13.1. The van der Waals surface area contributed by atoms with Gasteiger partial charge in [-0.3, -0.25) is 9.78 Å². The molecule has 1 N–H and O–H groups in total. The van der Waals surface area contributed by atoms with Crippen molar-refractivity contribution in [3.63, 3.8) is 0 Å². The van der Waals surface area contributed by atoms with E-state index in [-0.39, 0.29) is 5.82 Å². The summed E-state index contributed by atoms with van der Waals surface area (Å²) in [4.78, 5) is 15.2. The van der Waals surface area contributed by atoms with Crippen LogP contribution >= 0.6 is 0 Å². The average Bonchev–Trinajstić information content (AvgIpc) is 2.39. The molecule has 0 aliphatic heterocycles. The average molecular weight is 259 g/mol. The molecular weight excluding hydrogens is 245 g/mol. The number of carboxylic acid groups (broad SMARTS) is 1. The van der Waals surface area contributed by atoms with Crippen LogP contribution in [0.2, 0.25) is 0 Å². The first-order chi connectivity index (χ1) is 9.15. The van der Waals surface area contributed by atoms with E-state index in [0.717, 1.165) is 5.56 Å². The molecule has 2 rings (SSSR count). The molecule has 2 aromatic rings. The molecule has 3 nitrogen and oxygen atoms in total. The molecule has 0 spiro atoms. The number of aliphatic carboxylic acids is 1. The number of hydrogen-bond donors (Lipinski definition) is 1. The van der Waals surface area contributed by atoms with E-state index in [2.05, 4.69) is 4.98 Å². The molecule has 0 saturated heterocycles. The van der Waals surface area contributed by atoms with E-state index < -0.39 is 11.9 Å². The van der Waals surface area contributed by atoms with Gasteiger partial charge in [0.1, 0.15) is 5.82 Å². The van der Waals surface area contributed by atoms with Crippen LogP contribution in [0, 0.1) is 11.7 Å². The van der Waals surface area contributed by atoms with Gasteiger partial charge in [0.05, 0.1) is 5.92 Å². The molecule has 19 heavy (non-hydrogen) atoms. The molecule has 0 radical (unpaired) electrons. The van der Waals surface area contributed by atoms with Gasteiger partial charge in [0.2, 0.25) is 0 Å². The Kier molecular flexibility index (Phi) is 4.23. The molecule has 0 aliphatic rings. The van der Waals surface area contributed by atoms with Crippen LogP contribution in [0.4, 0.5) is 4.39 Å². The van der Waals surface area contributed by atoms with Crippen LogP contribution in [-0.2, 0) is 17.6 Å². The Balaban J connectivity index is 2.11. The summed E-state index contributed by atoms with van der Waals surface area (Å²) in [6.07, 6.45) is 4.00. The van der Waals surface area contributed by atoms with Crippen LogP contribution in [0.5, 0.6) is 0 Å². The van der Waals surface area contributed by atoms with E-state index in [1.807, 2.05) is 6.07 Å². The minimum Gasteiger partial charge on any atom is -0.481 e. The van der Waals surface area contributed by atoms with Crippen molar-refractivity contribution in [2.75, 3.05) is 0 Å². The van der Waals surface area contributed by atoms with Crippen LogP contribution in [0.1, 0.15) is 11.1 Å². The van der Waals surface area contributed by atoms with Crippen LogP contribution < -0.4 is 0 Å². The molecule has 1 heterocycles. The first-order valence-corrected chi connectivity index (χ1v) is 6.01. The minimum absolute atomic E-state index is 0.308. The SMILES string of the molecule is O=C(O)C(Cc1cccnc1)Cc1cccc(F)c1. The number of halogens is 1. The van der Waals surface area contributed by atoms with Gasteiger partial charge in [0.15, 0.2) is 0 Å². The molecule has 98 valence electrons. The van der Waals surface area contributed by atoms with Gasteiger partial charge in [-0.25, -0.2) is 4.39 Å². The van der Waals surface area contributed by atoms with Crippen molar-refractivity contribution in [3.8, 4) is 0 Å². The summed E-state index contributed by atoms with van der Waals surface area (Å²) >= 11 is 0. The number of hydrogen-bond acceptors (Lipinski definition) is 2. The Bertz CT molecular complexity index is 557. The molecule has 0 amide bonds. The normalized spacial score (nSPS) is 12.1. The van der Waals surface area contributed by atoms with Crippen molar-refractivity contribution in [1.82, 2.24) is 4.98 Å². The predicted octanol–water partition coefficient (Wildman–Crippen LogP) is 2.71. The second-order valence-corrected chi connectivity index (χ2v) is 4.43. The molecule has 0 fully saturated rings. The lowest BCUT2D eigenvalue weighted by atomic mass is 9.93. The van der Waals surface area contributed by atoms with Gasteiger partial charge in [-0.05, 0) is 42.2 Å². The fourth-order valence-electron chi connectivity index (χ4n) is 2.00. The summed E-state index contributed by atoms with van der Waals surface area (Å²) in [5.41, 5.74) is 1.56. The third kappa shape index (κ3) is 3.88. The molecule has 4 heteroatoms. The lowest BCUT2D eigenvalue weighted by Gasteiger charge is -2.12. The number of pyridine rings is 1. The van der Waals surface area contributed by atoms with Crippen molar-refractivity contribution in [2.45, 2.75) is 12.8 Å². The summed E-state index contributed by atoms with van der Waals surface area (Å²) in [7, 11) is 0. The topological polar surface area (TPSA) is 50.2 Å². The monoisotopic (exact) mass is 259 g/mol. The highest BCUT2D eigenvalue weighted by Gasteiger charge is 2.18. The van der Waals surface area contributed by atoms with Gasteiger partial charge in [-0.15, -0.1) is 0 Å². The molecule has 0 bridgehead atoms. The van der Waals surface area contributed by atoms with E-state index in [4.69, 9.17) is 0 Å². The largest absolute Gasteiger partial charge is 0.481 e. The quantitative estimate of drug-likeness (QED) is 0.898.